The number of aryl methyl sites for hydroxylation is 1. The summed E-state index contributed by atoms with van der Waals surface area (Å²) < 4.78 is 4.70. The average Bonchev–Trinajstić information content (AvgIpc) is 2.79. The maximum atomic E-state index is 11.5. The smallest absolute Gasteiger partial charge is 0.357 e. The first kappa shape index (κ1) is 14.8. The summed E-state index contributed by atoms with van der Waals surface area (Å²) >= 11 is 7.58. The second kappa shape index (κ2) is 6.24. The number of halogens is 1. The topological polar surface area (TPSA) is 51.2 Å². The standard InChI is InChI=1S/C14H15ClN2O2S/c1-8(10-6-4-5-7-11(10)15)16-14-17-12(9(2)20-14)13(18)19-3/h4-8H,1-3H3,(H,16,17). The number of ether oxygens (including phenoxy) is 1. The first-order valence-electron chi connectivity index (χ1n) is 6.09. The summed E-state index contributed by atoms with van der Waals surface area (Å²) in [6.45, 7) is 3.84. The normalized spacial score (nSPS) is 12.0. The van der Waals surface area contributed by atoms with Crippen LogP contribution in [0, 0.1) is 6.92 Å². The van der Waals surface area contributed by atoms with Gasteiger partial charge in [-0.15, -0.1) is 11.3 Å². The van der Waals surface area contributed by atoms with Crippen molar-refractivity contribution < 1.29 is 9.53 Å². The van der Waals surface area contributed by atoms with Gasteiger partial charge in [0.1, 0.15) is 0 Å². The van der Waals surface area contributed by atoms with Gasteiger partial charge in [-0.2, -0.15) is 0 Å². The Kier molecular flexibility index (Phi) is 4.62. The summed E-state index contributed by atoms with van der Waals surface area (Å²) in [7, 11) is 1.35. The van der Waals surface area contributed by atoms with Crippen LogP contribution in [0.15, 0.2) is 24.3 Å². The van der Waals surface area contributed by atoms with Gasteiger partial charge in [-0.3, -0.25) is 0 Å². The molecule has 20 heavy (non-hydrogen) atoms. The number of thiazole rings is 1. The van der Waals surface area contributed by atoms with Gasteiger partial charge in [0, 0.05) is 9.90 Å². The third-order valence-electron chi connectivity index (χ3n) is 2.89. The molecule has 0 saturated carbocycles. The van der Waals surface area contributed by atoms with Crippen molar-refractivity contribution in [3.8, 4) is 0 Å². The zero-order valence-corrected chi connectivity index (χ0v) is 13.0. The number of nitrogens with one attached hydrogen (secondary N) is 1. The molecule has 0 radical (unpaired) electrons. The van der Waals surface area contributed by atoms with Crippen LogP contribution in [0.25, 0.3) is 0 Å². The molecule has 0 amide bonds. The van der Waals surface area contributed by atoms with Gasteiger partial charge < -0.3 is 10.1 Å². The average molecular weight is 311 g/mol. The van der Waals surface area contributed by atoms with Crippen LogP contribution in [0.1, 0.15) is 33.9 Å². The fourth-order valence-corrected chi connectivity index (χ4v) is 3.02. The molecule has 0 bridgehead atoms. The van der Waals surface area contributed by atoms with Gasteiger partial charge in [-0.05, 0) is 25.5 Å². The van der Waals surface area contributed by atoms with Gasteiger partial charge in [0.25, 0.3) is 0 Å². The molecule has 106 valence electrons. The molecule has 1 unspecified atom stereocenters. The molecular formula is C14H15ClN2O2S. The lowest BCUT2D eigenvalue weighted by Crippen LogP contribution is -2.08. The molecule has 0 aliphatic rings. The van der Waals surface area contributed by atoms with E-state index in [1.54, 1.807) is 0 Å². The molecule has 0 saturated heterocycles. The largest absolute Gasteiger partial charge is 0.464 e. The number of hydrogen-bond donors (Lipinski definition) is 1. The number of nitrogens with zero attached hydrogens (tertiary/aromatic N) is 1. The van der Waals surface area contributed by atoms with Crippen molar-refractivity contribution in [2.45, 2.75) is 19.9 Å². The maximum absolute atomic E-state index is 11.5. The molecule has 1 N–H and O–H groups in total. The SMILES string of the molecule is COC(=O)c1nc(NC(C)c2ccccc2Cl)sc1C. The van der Waals surface area contributed by atoms with Crippen LogP contribution in [0.2, 0.25) is 5.02 Å². The van der Waals surface area contributed by atoms with Crippen LogP contribution >= 0.6 is 22.9 Å². The fourth-order valence-electron chi connectivity index (χ4n) is 1.83. The number of hydrogen-bond acceptors (Lipinski definition) is 5. The summed E-state index contributed by atoms with van der Waals surface area (Å²) in [5.74, 6) is -0.419. The van der Waals surface area contributed by atoms with Gasteiger partial charge in [0.15, 0.2) is 10.8 Å². The molecule has 1 heterocycles. The Morgan fingerprint density at radius 1 is 1.45 bits per heavy atom. The van der Waals surface area contributed by atoms with Crippen molar-refractivity contribution in [1.29, 1.82) is 0 Å². The molecular weight excluding hydrogens is 296 g/mol. The van der Waals surface area contributed by atoms with E-state index in [-0.39, 0.29) is 6.04 Å². The molecule has 1 aromatic carbocycles. The first-order chi connectivity index (χ1) is 9.52. The van der Waals surface area contributed by atoms with E-state index in [9.17, 15) is 4.79 Å². The maximum Gasteiger partial charge on any atom is 0.357 e. The molecule has 0 spiro atoms. The molecule has 4 nitrogen and oxygen atoms in total. The Morgan fingerprint density at radius 2 is 2.15 bits per heavy atom. The Bertz CT molecular complexity index is 627. The van der Waals surface area contributed by atoms with E-state index in [1.807, 2.05) is 38.1 Å². The van der Waals surface area contributed by atoms with E-state index < -0.39 is 5.97 Å². The van der Waals surface area contributed by atoms with Crippen LogP contribution in [0.5, 0.6) is 0 Å². The fraction of sp³-hybridized carbons (Fsp3) is 0.286. The summed E-state index contributed by atoms with van der Waals surface area (Å²) in [5, 5.41) is 4.63. The van der Waals surface area contributed by atoms with Crippen molar-refractivity contribution in [2.24, 2.45) is 0 Å². The Balaban J connectivity index is 2.18. The summed E-state index contributed by atoms with van der Waals surface area (Å²) in [6, 6.07) is 7.64. The molecule has 0 aliphatic heterocycles. The van der Waals surface area contributed by atoms with E-state index in [0.29, 0.717) is 15.8 Å². The second-order valence-corrected chi connectivity index (χ2v) is 5.91. The van der Waals surface area contributed by atoms with E-state index in [0.717, 1.165) is 10.4 Å². The van der Waals surface area contributed by atoms with Gasteiger partial charge in [-0.1, -0.05) is 29.8 Å². The minimum Gasteiger partial charge on any atom is -0.464 e. The highest BCUT2D eigenvalue weighted by Gasteiger charge is 2.17. The van der Waals surface area contributed by atoms with E-state index in [2.05, 4.69) is 10.3 Å². The number of carbonyl (C=O) groups is 1. The third-order valence-corrected chi connectivity index (χ3v) is 4.13. The predicted molar refractivity (Wildman–Crippen MR) is 81.7 cm³/mol. The number of methoxy groups -OCH3 is 1. The van der Waals surface area contributed by atoms with E-state index in [1.165, 1.54) is 18.4 Å². The minimum atomic E-state index is -0.419. The first-order valence-corrected chi connectivity index (χ1v) is 7.29. The van der Waals surface area contributed by atoms with Crippen LogP contribution in [-0.4, -0.2) is 18.1 Å². The Labute approximate surface area is 126 Å². The number of benzene rings is 1. The van der Waals surface area contributed by atoms with Crippen LogP contribution in [0.3, 0.4) is 0 Å². The highest BCUT2D eigenvalue weighted by Crippen LogP contribution is 2.29. The van der Waals surface area contributed by atoms with Crippen LogP contribution in [-0.2, 0) is 4.74 Å². The molecule has 1 atom stereocenters. The Morgan fingerprint density at radius 3 is 2.80 bits per heavy atom. The monoisotopic (exact) mass is 310 g/mol. The number of esters is 1. The number of carbonyl (C=O) groups excluding carboxylic acids is 1. The summed E-state index contributed by atoms with van der Waals surface area (Å²) in [5.41, 5.74) is 1.34. The summed E-state index contributed by atoms with van der Waals surface area (Å²) in [6.07, 6.45) is 0. The second-order valence-electron chi connectivity index (χ2n) is 4.30. The Hall–Kier alpha value is -1.59. The van der Waals surface area contributed by atoms with Crippen LogP contribution in [0.4, 0.5) is 5.13 Å². The zero-order chi connectivity index (χ0) is 14.7. The van der Waals surface area contributed by atoms with Crippen LogP contribution < -0.4 is 5.32 Å². The zero-order valence-electron chi connectivity index (χ0n) is 11.4. The van der Waals surface area contributed by atoms with Gasteiger partial charge in [0.05, 0.1) is 13.2 Å². The third kappa shape index (κ3) is 3.11. The predicted octanol–water partition coefficient (Wildman–Crippen LogP) is 4.06. The molecule has 0 fully saturated rings. The molecule has 2 aromatic rings. The number of rotatable bonds is 4. The summed E-state index contributed by atoms with van der Waals surface area (Å²) in [4.78, 5) is 16.6. The van der Waals surface area contributed by atoms with Crippen molar-refractivity contribution in [3.05, 3.63) is 45.4 Å². The van der Waals surface area contributed by atoms with Crippen molar-refractivity contribution in [3.63, 3.8) is 0 Å². The lowest BCUT2D eigenvalue weighted by atomic mass is 10.1. The number of anilines is 1. The highest BCUT2D eigenvalue weighted by molar-refractivity contribution is 7.15. The molecule has 2 rings (SSSR count). The van der Waals surface area contributed by atoms with Crippen molar-refractivity contribution >= 4 is 34.0 Å². The minimum absolute atomic E-state index is 0.000234. The molecule has 1 aromatic heterocycles. The molecule has 6 heteroatoms. The highest BCUT2D eigenvalue weighted by atomic mass is 35.5. The van der Waals surface area contributed by atoms with Gasteiger partial charge in [-0.25, -0.2) is 9.78 Å². The lowest BCUT2D eigenvalue weighted by molar-refractivity contribution is 0.0594. The molecule has 0 aliphatic carbocycles. The number of aromatic nitrogens is 1. The van der Waals surface area contributed by atoms with Gasteiger partial charge in [0.2, 0.25) is 0 Å². The van der Waals surface area contributed by atoms with Crippen molar-refractivity contribution in [1.82, 2.24) is 4.98 Å². The van der Waals surface area contributed by atoms with Crippen molar-refractivity contribution in [2.75, 3.05) is 12.4 Å². The lowest BCUT2D eigenvalue weighted by Gasteiger charge is -2.14. The van der Waals surface area contributed by atoms with Gasteiger partial charge >= 0.3 is 5.97 Å². The van der Waals surface area contributed by atoms with E-state index >= 15 is 0 Å². The van der Waals surface area contributed by atoms with E-state index in [4.69, 9.17) is 16.3 Å². The quantitative estimate of drug-likeness (QED) is 0.865.